The minimum Gasteiger partial charge on any atom is -0.476 e. The van der Waals surface area contributed by atoms with Crippen molar-refractivity contribution in [1.82, 2.24) is 9.88 Å². The van der Waals surface area contributed by atoms with E-state index < -0.39 is 0 Å². The van der Waals surface area contributed by atoms with Gasteiger partial charge in [0.15, 0.2) is 0 Å². The topological polar surface area (TPSA) is 25.4 Å². The third kappa shape index (κ3) is 3.47. The van der Waals surface area contributed by atoms with Crippen molar-refractivity contribution in [3.05, 3.63) is 22.8 Å². The summed E-state index contributed by atoms with van der Waals surface area (Å²) in [5, 5.41) is 0. The molecule has 0 radical (unpaired) electrons. The Morgan fingerprint density at radius 1 is 1.33 bits per heavy atom. The lowest BCUT2D eigenvalue weighted by Crippen LogP contribution is -2.25. The molecule has 1 fully saturated rings. The smallest absolute Gasteiger partial charge is 0.213 e. The number of nitrogens with zero attached hydrogens (tertiary/aromatic N) is 2. The first-order chi connectivity index (χ1) is 7.34. The molecular weight excluding hydrogens is 256 g/mol. The number of likely N-dealkylation sites (tertiary alicyclic amines) is 1. The largest absolute Gasteiger partial charge is 0.476 e. The third-order valence-corrected chi connectivity index (χ3v) is 3.03. The zero-order chi connectivity index (χ0) is 10.5. The Kier molecular flexibility index (Phi) is 3.97. The van der Waals surface area contributed by atoms with Crippen molar-refractivity contribution in [2.75, 3.05) is 26.2 Å². The van der Waals surface area contributed by atoms with Crippen molar-refractivity contribution in [3.63, 3.8) is 0 Å². The van der Waals surface area contributed by atoms with Crippen molar-refractivity contribution in [3.8, 4) is 5.88 Å². The summed E-state index contributed by atoms with van der Waals surface area (Å²) in [5.41, 5.74) is 0. The Morgan fingerprint density at radius 3 is 2.80 bits per heavy atom. The molecule has 0 N–H and O–H groups in total. The van der Waals surface area contributed by atoms with Gasteiger partial charge in [0.25, 0.3) is 0 Å². The lowest BCUT2D eigenvalue weighted by atomic mass is 10.4. The lowest BCUT2D eigenvalue weighted by Gasteiger charge is -2.14. The Bertz CT molecular complexity index is 296. The first kappa shape index (κ1) is 10.9. The number of hydrogen-bond acceptors (Lipinski definition) is 3. The first-order valence-corrected chi connectivity index (χ1v) is 6.10. The molecule has 0 aromatic carbocycles. The molecule has 0 bridgehead atoms. The van der Waals surface area contributed by atoms with Crippen molar-refractivity contribution < 1.29 is 4.74 Å². The molecule has 3 nitrogen and oxygen atoms in total. The van der Waals surface area contributed by atoms with Gasteiger partial charge in [-0.15, -0.1) is 0 Å². The summed E-state index contributed by atoms with van der Waals surface area (Å²) >= 11 is 3.34. The molecule has 1 aliphatic heterocycles. The van der Waals surface area contributed by atoms with E-state index in [1.165, 1.54) is 25.9 Å². The fourth-order valence-electron chi connectivity index (χ4n) is 1.73. The minimum absolute atomic E-state index is 0.706. The number of rotatable bonds is 4. The molecule has 1 aromatic rings. The fraction of sp³-hybridized carbons (Fsp3) is 0.545. The van der Waals surface area contributed by atoms with Crippen LogP contribution < -0.4 is 4.74 Å². The van der Waals surface area contributed by atoms with Crippen molar-refractivity contribution >= 4 is 15.9 Å². The quantitative estimate of drug-likeness (QED) is 0.840. The van der Waals surface area contributed by atoms with E-state index in [4.69, 9.17) is 4.74 Å². The highest BCUT2D eigenvalue weighted by atomic mass is 79.9. The molecule has 0 unspecified atom stereocenters. The Morgan fingerprint density at radius 2 is 2.13 bits per heavy atom. The SMILES string of the molecule is Brc1ccc(OCCN2CCCC2)nc1. The van der Waals surface area contributed by atoms with Gasteiger partial charge >= 0.3 is 0 Å². The molecular formula is C11H15BrN2O. The predicted octanol–water partition coefficient (Wildman–Crippen LogP) is 2.32. The van der Waals surface area contributed by atoms with Gasteiger partial charge in [-0.25, -0.2) is 4.98 Å². The summed E-state index contributed by atoms with van der Waals surface area (Å²) in [7, 11) is 0. The molecule has 15 heavy (non-hydrogen) atoms. The highest BCUT2D eigenvalue weighted by Gasteiger charge is 2.10. The number of pyridine rings is 1. The van der Waals surface area contributed by atoms with Gasteiger partial charge in [0.2, 0.25) is 5.88 Å². The number of aromatic nitrogens is 1. The van der Waals surface area contributed by atoms with Crippen molar-refractivity contribution in [2.45, 2.75) is 12.8 Å². The zero-order valence-corrected chi connectivity index (χ0v) is 10.2. The first-order valence-electron chi connectivity index (χ1n) is 5.31. The van der Waals surface area contributed by atoms with Crippen molar-refractivity contribution in [1.29, 1.82) is 0 Å². The second-order valence-corrected chi connectivity index (χ2v) is 4.63. The number of halogens is 1. The third-order valence-electron chi connectivity index (χ3n) is 2.56. The summed E-state index contributed by atoms with van der Waals surface area (Å²) in [6.07, 6.45) is 4.41. The maximum Gasteiger partial charge on any atom is 0.213 e. The van der Waals surface area contributed by atoms with Crippen LogP contribution in [0.1, 0.15) is 12.8 Å². The van der Waals surface area contributed by atoms with Gasteiger partial charge in [0.05, 0.1) is 0 Å². The van der Waals surface area contributed by atoms with Crippen molar-refractivity contribution in [2.24, 2.45) is 0 Å². The molecule has 1 saturated heterocycles. The van der Waals surface area contributed by atoms with Gasteiger partial charge in [-0.2, -0.15) is 0 Å². The summed E-state index contributed by atoms with van der Waals surface area (Å²) < 4.78 is 6.53. The molecule has 0 spiro atoms. The van der Waals surface area contributed by atoms with Crippen LogP contribution in [0.2, 0.25) is 0 Å². The Balaban J connectivity index is 1.71. The van der Waals surface area contributed by atoms with Gasteiger partial charge in [-0.3, -0.25) is 4.90 Å². The molecule has 1 aromatic heterocycles. The van der Waals surface area contributed by atoms with Crippen LogP contribution in [0, 0.1) is 0 Å². The fourth-order valence-corrected chi connectivity index (χ4v) is 1.97. The molecule has 82 valence electrons. The van der Waals surface area contributed by atoms with E-state index in [9.17, 15) is 0 Å². The van der Waals surface area contributed by atoms with E-state index >= 15 is 0 Å². The Labute approximate surface area is 98.6 Å². The van der Waals surface area contributed by atoms with E-state index in [2.05, 4.69) is 25.8 Å². The average Bonchev–Trinajstić information content (AvgIpc) is 2.74. The van der Waals surface area contributed by atoms with E-state index in [-0.39, 0.29) is 0 Å². The maximum absolute atomic E-state index is 5.55. The summed E-state index contributed by atoms with van der Waals surface area (Å²) in [6, 6.07) is 3.83. The molecule has 2 heterocycles. The van der Waals surface area contributed by atoms with Crippen LogP contribution in [0.5, 0.6) is 5.88 Å². The number of hydrogen-bond donors (Lipinski definition) is 0. The van der Waals surface area contributed by atoms with Gasteiger partial charge < -0.3 is 4.74 Å². The van der Waals surface area contributed by atoms with Crippen LogP contribution in [0.3, 0.4) is 0 Å². The zero-order valence-electron chi connectivity index (χ0n) is 8.66. The average molecular weight is 271 g/mol. The highest BCUT2D eigenvalue weighted by molar-refractivity contribution is 9.10. The second kappa shape index (κ2) is 5.47. The van der Waals surface area contributed by atoms with E-state index in [1.807, 2.05) is 12.1 Å². The standard InChI is InChI=1S/C11H15BrN2O/c12-10-3-4-11(13-9-10)15-8-7-14-5-1-2-6-14/h3-4,9H,1-2,5-8H2. The monoisotopic (exact) mass is 270 g/mol. The number of ether oxygens (including phenoxy) is 1. The Hall–Kier alpha value is -0.610. The molecule has 0 saturated carbocycles. The minimum atomic E-state index is 0.706. The molecule has 1 aliphatic rings. The summed E-state index contributed by atoms with van der Waals surface area (Å²) in [4.78, 5) is 6.58. The van der Waals surface area contributed by atoms with Gasteiger partial charge in [0, 0.05) is 23.3 Å². The summed E-state index contributed by atoms with van der Waals surface area (Å²) in [6.45, 7) is 4.18. The predicted molar refractivity (Wildman–Crippen MR) is 63.1 cm³/mol. The molecule has 2 rings (SSSR count). The van der Waals surface area contributed by atoms with Crippen LogP contribution in [-0.4, -0.2) is 36.1 Å². The van der Waals surface area contributed by atoms with Gasteiger partial charge in [0.1, 0.15) is 6.61 Å². The van der Waals surface area contributed by atoms with E-state index in [1.54, 1.807) is 6.20 Å². The molecule has 4 heteroatoms. The lowest BCUT2D eigenvalue weighted by molar-refractivity contribution is 0.232. The van der Waals surface area contributed by atoms with E-state index in [0.717, 1.165) is 17.6 Å². The second-order valence-electron chi connectivity index (χ2n) is 3.71. The van der Waals surface area contributed by atoms with Gasteiger partial charge in [-0.05, 0) is 47.9 Å². The van der Waals surface area contributed by atoms with Crippen LogP contribution in [0.25, 0.3) is 0 Å². The van der Waals surface area contributed by atoms with Crippen LogP contribution in [-0.2, 0) is 0 Å². The maximum atomic E-state index is 5.55. The highest BCUT2D eigenvalue weighted by Crippen LogP contribution is 2.12. The summed E-state index contributed by atoms with van der Waals surface area (Å²) in [5.74, 6) is 0.706. The van der Waals surface area contributed by atoms with Crippen LogP contribution >= 0.6 is 15.9 Å². The molecule has 0 atom stereocenters. The molecule has 0 aliphatic carbocycles. The normalized spacial score (nSPS) is 16.9. The molecule has 0 amide bonds. The van der Waals surface area contributed by atoms with E-state index in [0.29, 0.717) is 5.88 Å². The van der Waals surface area contributed by atoms with Crippen LogP contribution in [0.15, 0.2) is 22.8 Å². The van der Waals surface area contributed by atoms with Crippen LogP contribution in [0.4, 0.5) is 0 Å². The van der Waals surface area contributed by atoms with Gasteiger partial charge in [-0.1, -0.05) is 0 Å².